The largest absolute Gasteiger partial charge is 0.483 e. The fourth-order valence-corrected chi connectivity index (χ4v) is 1.19. The molecule has 0 N–H and O–H groups in total. The Morgan fingerprint density at radius 2 is 2.31 bits per heavy atom. The molecule has 0 fully saturated rings. The van der Waals surface area contributed by atoms with Crippen LogP contribution in [0.15, 0.2) is 29.5 Å². The van der Waals surface area contributed by atoms with Gasteiger partial charge in [0, 0.05) is 0 Å². The lowest BCUT2D eigenvalue weighted by Crippen LogP contribution is -2.05. The first kappa shape index (κ1) is 12.2. The summed E-state index contributed by atoms with van der Waals surface area (Å²) in [7, 11) is 0. The van der Waals surface area contributed by atoms with Crippen molar-refractivity contribution < 1.29 is 9.53 Å². The monoisotopic (exact) mass is 218 g/mol. The van der Waals surface area contributed by atoms with Gasteiger partial charge in [-0.15, -0.1) is 0 Å². The molecule has 1 rings (SSSR count). The average Bonchev–Trinajstić information content (AvgIpc) is 2.29. The van der Waals surface area contributed by atoms with E-state index in [0.29, 0.717) is 12.3 Å². The van der Waals surface area contributed by atoms with Crippen LogP contribution in [0.25, 0.3) is 0 Å². The number of aryl methyl sites for hydroxylation is 1. The minimum absolute atomic E-state index is 0.596. The lowest BCUT2D eigenvalue weighted by atomic mass is 10.2. The van der Waals surface area contributed by atoms with Gasteiger partial charge in [0.25, 0.3) is 0 Å². The van der Waals surface area contributed by atoms with Gasteiger partial charge < -0.3 is 4.84 Å². The number of rotatable bonds is 5. The molecule has 4 nitrogen and oxygen atoms in total. The minimum atomic E-state index is 0.596. The van der Waals surface area contributed by atoms with Crippen molar-refractivity contribution in [2.24, 2.45) is 5.28 Å². The maximum Gasteiger partial charge on any atom is 0.483 e. The second-order valence-corrected chi connectivity index (χ2v) is 3.57. The number of benzene rings is 1. The van der Waals surface area contributed by atoms with E-state index in [1.54, 1.807) is 0 Å². The molecule has 4 heteroatoms. The molecular formula is C12H16N3O+. The summed E-state index contributed by atoms with van der Waals surface area (Å²) in [5.74, 6) is 0.650. The molecule has 0 aliphatic rings. The summed E-state index contributed by atoms with van der Waals surface area (Å²) in [5.41, 5.74) is 1.10. The summed E-state index contributed by atoms with van der Waals surface area (Å²) < 4.78 is 1.26. The Morgan fingerprint density at radius 3 is 2.94 bits per heavy atom. The van der Waals surface area contributed by atoms with Crippen molar-refractivity contribution in [3.8, 4) is 11.9 Å². The van der Waals surface area contributed by atoms with E-state index >= 15 is 0 Å². The maximum atomic E-state index is 8.79. The third-order valence-corrected chi connectivity index (χ3v) is 2.07. The second kappa shape index (κ2) is 6.57. The van der Waals surface area contributed by atoms with Gasteiger partial charge in [-0.3, -0.25) is 0 Å². The van der Waals surface area contributed by atoms with E-state index < -0.39 is 0 Å². The molecular weight excluding hydrogens is 202 g/mol. The molecule has 0 bridgehead atoms. The van der Waals surface area contributed by atoms with Gasteiger partial charge in [-0.25, -0.2) is 0 Å². The van der Waals surface area contributed by atoms with Gasteiger partial charge in [-0.05, 0) is 35.7 Å². The fourth-order valence-electron chi connectivity index (χ4n) is 1.19. The molecule has 0 aliphatic carbocycles. The first-order valence-electron chi connectivity index (χ1n) is 5.38. The van der Waals surface area contributed by atoms with Gasteiger partial charge in [0.1, 0.15) is 11.8 Å². The van der Waals surface area contributed by atoms with Crippen LogP contribution in [0, 0.1) is 18.4 Å². The zero-order valence-electron chi connectivity index (χ0n) is 9.68. The predicted octanol–water partition coefficient (Wildman–Crippen LogP) is 3.03. The number of nitriles is 1. The van der Waals surface area contributed by atoms with Crippen LogP contribution in [0.5, 0.6) is 5.75 Å². The normalized spacial score (nSPS) is 10.9. The maximum absolute atomic E-state index is 8.79. The summed E-state index contributed by atoms with van der Waals surface area (Å²) in [4.78, 5) is 5.17. The van der Waals surface area contributed by atoms with Crippen LogP contribution < -0.4 is 4.84 Å². The van der Waals surface area contributed by atoms with Crippen LogP contribution in [-0.4, -0.2) is 11.2 Å². The van der Waals surface area contributed by atoms with Crippen molar-refractivity contribution in [1.82, 2.24) is 0 Å². The molecule has 0 aromatic heterocycles. The highest BCUT2D eigenvalue weighted by molar-refractivity contribution is 5.26. The summed E-state index contributed by atoms with van der Waals surface area (Å²) in [6, 6.07) is 7.56. The molecule has 84 valence electrons. The van der Waals surface area contributed by atoms with Crippen molar-refractivity contribution in [3.05, 3.63) is 29.8 Å². The van der Waals surface area contributed by atoms with Crippen LogP contribution in [0.4, 0.5) is 0 Å². The molecule has 0 unspecified atom stereocenters. The average molecular weight is 218 g/mol. The van der Waals surface area contributed by atoms with Crippen molar-refractivity contribution in [3.63, 3.8) is 0 Å². The fraction of sp³-hybridized carbons (Fsp3) is 0.417. The van der Waals surface area contributed by atoms with Gasteiger partial charge in [-0.1, -0.05) is 25.5 Å². The smallest absolute Gasteiger partial charge is 0.324 e. The summed E-state index contributed by atoms with van der Waals surface area (Å²) >= 11 is 0. The molecule has 0 radical (unpaired) electrons. The van der Waals surface area contributed by atoms with Gasteiger partial charge in [-0.2, -0.15) is 0 Å². The van der Waals surface area contributed by atoms with Crippen LogP contribution in [-0.2, 0) is 0 Å². The Bertz CT molecular complexity index is 407. The molecule has 0 saturated heterocycles. The quantitative estimate of drug-likeness (QED) is 0.251. The Balaban J connectivity index is 2.60. The lowest BCUT2D eigenvalue weighted by Gasteiger charge is -1.97. The first-order valence-corrected chi connectivity index (χ1v) is 5.38. The van der Waals surface area contributed by atoms with E-state index in [4.69, 9.17) is 10.1 Å². The second-order valence-electron chi connectivity index (χ2n) is 3.57. The van der Waals surface area contributed by atoms with Crippen LogP contribution in [0.2, 0.25) is 0 Å². The molecule has 0 saturated carbocycles. The number of hydrogen-bond donors (Lipinski definition) is 0. The van der Waals surface area contributed by atoms with E-state index in [1.165, 1.54) is 4.70 Å². The van der Waals surface area contributed by atoms with Gasteiger partial charge in [0.15, 0.2) is 11.0 Å². The van der Waals surface area contributed by atoms with Crippen molar-refractivity contribution in [2.75, 3.05) is 6.54 Å². The highest BCUT2D eigenvalue weighted by Crippen LogP contribution is 2.12. The zero-order chi connectivity index (χ0) is 11.8. The highest BCUT2D eigenvalue weighted by atomic mass is 16.6. The topological polar surface area (TPSA) is 48.4 Å². The summed E-state index contributed by atoms with van der Waals surface area (Å²) in [5, 5.41) is 12.6. The number of hydrogen-bond acceptors (Lipinski definition) is 3. The Labute approximate surface area is 95.7 Å². The molecule has 1 aromatic carbocycles. The van der Waals surface area contributed by atoms with Crippen molar-refractivity contribution >= 4 is 0 Å². The highest BCUT2D eigenvalue weighted by Gasteiger charge is 2.02. The van der Waals surface area contributed by atoms with Gasteiger partial charge in [0.2, 0.25) is 0 Å². The summed E-state index contributed by atoms with van der Waals surface area (Å²) in [6.07, 6.45) is 3.91. The van der Waals surface area contributed by atoms with Crippen molar-refractivity contribution in [2.45, 2.75) is 26.7 Å². The van der Waals surface area contributed by atoms with Crippen LogP contribution >= 0.6 is 0 Å². The predicted molar refractivity (Wildman–Crippen MR) is 59.9 cm³/mol. The van der Waals surface area contributed by atoms with E-state index in [-0.39, 0.29) is 0 Å². The standard InChI is InChI=1S/C12H16N3O/c1-3-4-8-15(10-13)14-16-12-7-5-6-11(2)9-12/h5-7,9H,3-4,8H2,1-2H3/q+1. The van der Waals surface area contributed by atoms with Gasteiger partial charge >= 0.3 is 6.19 Å². The molecule has 0 heterocycles. The molecule has 0 aliphatic heterocycles. The molecule has 0 amide bonds. The van der Waals surface area contributed by atoms with Gasteiger partial charge in [0.05, 0.1) is 0 Å². The molecule has 16 heavy (non-hydrogen) atoms. The van der Waals surface area contributed by atoms with Crippen molar-refractivity contribution in [1.29, 1.82) is 5.26 Å². The van der Waals surface area contributed by atoms with E-state index in [9.17, 15) is 0 Å². The van der Waals surface area contributed by atoms with Crippen LogP contribution in [0.3, 0.4) is 0 Å². The Morgan fingerprint density at radius 1 is 1.50 bits per heavy atom. The number of nitrogens with zero attached hydrogens (tertiary/aromatic N) is 3. The van der Waals surface area contributed by atoms with Crippen LogP contribution in [0.1, 0.15) is 25.3 Å². The first-order chi connectivity index (χ1) is 7.76. The van der Waals surface area contributed by atoms with E-state index in [0.717, 1.165) is 18.4 Å². The summed E-state index contributed by atoms with van der Waals surface area (Å²) in [6.45, 7) is 4.64. The SMILES string of the molecule is CCCC[N+](C#N)=NOc1cccc(C)c1. The third-order valence-electron chi connectivity index (χ3n) is 2.07. The third kappa shape index (κ3) is 4.09. The number of unbranched alkanes of at least 4 members (excludes halogenated alkanes) is 1. The molecule has 0 spiro atoms. The lowest BCUT2D eigenvalue weighted by molar-refractivity contribution is -0.535. The Hall–Kier alpha value is -1.89. The minimum Gasteiger partial charge on any atom is -0.324 e. The van der Waals surface area contributed by atoms with E-state index in [2.05, 4.69) is 12.2 Å². The zero-order valence-corrected chi connectivity index (χ0v) is 9.68. The Kier molecular flexibility index (Phi) is 5.00. The molecule has 0 atom stereocenters. The van der Waals surface area contributed by atoms with E-state index in [1.807, 2.05) is 37.4 Å². The molecule has 1 aromatic rings.